The Labute approximate surface area is 238 Å². The Morgan fingerprint density at radius 1 is 1.15 bits per heavy atom. The molecule has 0 saturated carbocycles. The first-order chi connectivity index (χ1) is 18.9. The highest BCUT2D eigenvalue weighted by atomic mass is 31.1. The molecule has 0 radical (unpaired) electrons. The Kier molecular flexibility index (Phi) is 18.8. The molecule has 0 aliphatic rings. The van der Waals surface area contributed by atoms with Crippen LogP contribution in [0.1, 0.15) is 81.1 Å². The first-order valence-electron chi connectivity index (χ1n) is 13.6. The molecule has 2 unspecified atom stereocenters. The zero-order valence-electron chi connectivity index (χ0n) is 25.2. The van der Waals surface area contributed by atoms with E-state index in [9.17, 15) is 14.2 Å². The Morgan fingerprint density at radius 2 is 1.82 bits per heavy atom. The summed E-state index contributed by atoms with van der Waals surface area (Å²) in [6.45, 7) is 15.1. The topological polar surface area (TPSA) is 181 Å². The molecule has 14 heteroatoms. The molecule has 0 aliphatic carbocycles. The number of aromatic nitrogens is 4. The number of unbranched alkanes of at least 4 members (excludes halogenated alkanes) is 3. The van der Waals surface area contributed by atoms with Gasteiger partial charge in [-0.1, -0.05) is 45.1 Å². The highest BCUT2D eigenvalue weighted by Crippen LogP contribution is 2.23. The van der Waals surface area contributed by atoms with Crippen LogP contribution in [-0.2, 0) is 34.9 Å². The number of aliphatic hydroxyl groups is 1. The maximum Gasteiger partial charge on any atom is 0.461 e. The molecule has 13 nitrogen and oxygen atoms in total. The van der Waals surface area contributed by atoms with Crippen molar-refractivity contribution in [2.24, 2.45) is 0 Å². The third-order valence-corrected chi connectivity index (χ3v) is 6.19. The van der Waals surface area contributed by atoms with Crippen molar-refractivity contribution in [3.8, 4) is 0 Å². The molecule has 0 aliphatic heterocycles. The van der Waals surface area contributed by atoms with Gasteiger partial charge in [-0.05, 0) is 45.6 Å². The number of esters is 2. The van der Waals surface area contributed by atoms with Crippen molar-refractivity contribution in [2.75, 3.05) is 25.3 Å². The van der Waals surface area contributed by atoms with E-state index in [0.29, 0.717) is 30.1 Å². The molecular weight excluding hydrogens is 539 g/mol. The number of fused-ring (bicyclic) bond motifs is 1. The zero-order valence-corrected chi connectivity index (χ0v) is 26.1. The second-order valence-corrected chi connectivity index (χ2v) is 10.7. The van der Waals surface area contributed by atoms with Gasteiger partial charge < -0.3 is 29.6 Å². The SMILES string of the molecule is CC.CC(C)OC(=O)CO.CCCCCCOC(=O)C(C)(C)N[P+](=O)COC(C)Cn1cnc2c(N)ncnc21. The number of carbonyl (C=O) groups is 2. The van der Waals surface area contributed by atoms with Gasteiger partial charge in [-0.15, -0.1) is 0 Å². The fourth-order valence-corrected chi connectivity index (χ4v) is 4.29. The lowest BCUT2D eigenvalue weighted by molar-refractivity contribution is -0.151. The fraction of sp³-hybridized carbons (Fsp3) is 0.731. The number of ether oxygens (including phenoxy) is 3. The number of nitrogens with zero attached hydrogens (tertiary/aromatic N) is 4. The van der Waals surface area contributed by atoms with Crippen LogP contribution >= 0.6 is 7.95 Å². The number of anilines is 1. The lowest BCUT2D eigenvalue weighted by atomic mass is 10.1. The molecule has 0 fully saturated rings. The average Bonchev–Trinajstić information content (AvgIpc) is 3.32. The Hall–Kier alpha value is -2.73. The van der Waals surface area contributed by atoms with E-state index in [4.69, 9.17) is 20.3 Å². The molecule has 2 atom stereocenters. The molecule has 0 aromatic carbocycles. The first kappa shape index (κ1) is 37.3. The van der Waals surface area contributed by atoms with Crippen LogP contribution in [0.25, 0.3) is 11.2 Å². The molecule has 2 heterocycles. The van der Waals surface area contributed by atoms with Crippen molar-refractivity contribution < 1.29 is 33.5 Å². The van der Waals surface area contributed by atoms with Crippen molar-refractivity contribution in [3.05, 3.63) is 12.7 Å². The maximum absolute atomic E-state index is 12.4. The van der Waals surface area contributed by atoms with Crippen molar-refractivity contribution in [2.45, 2.75) is 105 Å². The predicted octanol–water partition coefficient (Wildman–Crippen LogP) is 3.96. The van der Waals surface area contributed by atoms with Crippen LogP contribution in [0.4, 0.5) is 5.82 Å². The second-order valence-electron chi connectivity index (χ2n) is 9.44. The van der Waals surface area contributed by atoms with Crippen LogP contribution in [0.3, 0.4) is 0 Å². The molecular formula is C26H48N6O7P+. The molecule has 2 rings (SSSR count). The molecule has 0 amide bonds. The van der Waals surface area contributed by atoms with Gasteiger partial charge in [0.15, 0.2) is 17.0 Å². The van der Waals surface area contributed by atoms with Gasteiger partial charge in [0.05, 0.1) is 31.7 Å². The zero-order chi connectivity index (χ0) is 30.7. The van der Waals surface area contributed by atoms with Crippen molar-refractivity contribution in [1.82, 2.24) is 24.6 Å². The molecule has 228 valence electrons. The minimum atomic E-state index is -1.95. The Morgan fingerprint density at radius 3 is 2.40 bits per heavy atom. The number of nitrogens with two attached hydrogens (primary N) is 1. The van der Waals surface area contributed by atoms with Gasteiger partial charge in [0, 0.05) is 0 Å². The molecule has 4 N–H and O–H groups in total. The normalized spacial score (nSPS) is 12.1. The summed E-state index contributed by atoms with van der Waals surface area (Å²) < 4.78 is 29.7. The third-order valence-electron chi connectivity index (χ3n) is 5.00. The molecule has 0 bridgehead atoms. The number of rotatable bonds is 15. The van der Waals surface area contributed by atoms with Crippen LogP contribution in [0, 0.1) is 0 Å². The monoisotopic (exact) mass is 587 g/mol. The lowest BCUT2D eigenvalue weighted by Crippen LogP contribution is -2.44. The standard InChI is InChI=1S/C19H32N6O4P.C5H10O3.C2H6/c1-5-6-7-8-9-28-18(26)19(3,4)24-30(27)13-29-14(2)10-25-12-23-15-16(20)21-11-22-17(15)25;1-4(2)8-5(7)3-6;1-2/h11-12,14H,5-10,13H2,1-4H3,(H,24,27)(H2,20,21,22);4,6H,3H2,1-2H3;1-2H3/q+1;;. The van der Waals surface area contributed by atoms with E-state index in [2.05, 4.69) is 31.7 Å². The second kappa shape index (κ2) is 20.2. The van der Waals surface area contributed by atoms with E-state index >= 15 is 0 Å². The fourth-order valence-electron chi connectivity index (χ4n) is 3.12. The summed E-state index contributed by atoms with van der Waals surface area (Å²) in [5.74, 6) is -0.670. The largest absolute Gasteiger partial charge is 0.464 e. The number of nitrogen functional groups attached to an aromatic ring is 1. The van der Waals surface area contributed by atoms with Gasteiger partial charge in [0.1, 0.15) is 18.5 Å². The van der Waals surface area contributed by atoms with Gasteiger partial charge >= 0.3 is 19.9 Å². The van der Waals surface area contributed by atoms with Crippen LogP contribution in [0.15, 0.2) is 12.7 Å². The van der Waals surface area contributed by atoms with Gasteiger partial charge in [-0.2, -0.15) is 0 Å². The summed E-state index contributed by atoms with van der Waals surface area (Å²) in [7, 11) is -1.95. The first-order valence-corrected chi connectivity index (χ1v) is 15.1. The lowest BCUT2D eigenvalue weighted by Gasteiger charge is -2.18. The highest BCUT2D eigenvalue weighted by molar-refractivity contribution is 7.42. The predicted molar refractivity (Wildman–Crippen MR) is 155 cm³/mol. The quantitative estimate of drug-likeness (QED) is 0.155. The highest BCUT2D eigenvalue weighted by Gasteiger charge is 2.37. The Balaban J connectivity index is 0.00000130. The Bertz CT molecular complexity index is 1030. The number of carbonyl (C=O) groups excluding carboxylic acids is 2. The summed E-state index contributed by atoms with van der Waals surface area (Å²) in [6, 6.07) is 0. The molecule has 0 saturated heterocycles. The van der Waals surface area contributed by atoms with Crippen LogP contribution in [0.5, 0.6) is 0 Å². The summed E-state index contributed by atoms with van der Waals surface area (Å²) in [6.07, 6.45) is 6.69. The molecule has 2 aromatic rings. The summed E-state index contributed by atoms with van der Waals surface area (Å²) >= 11 is 0. The van der Waals surface area contributed by atoms with Crippen molar-refractivity contribution in [3.63, 3.8) is 0 Å². The number of imidazole rings is 1. The number of aliphatic hydroxyl groups excluding tert-OH is 1. The van der Waals surface area contributed by atoms with E-state index in [0.717, 1.165) is 25.7 Å². The summed E-state index contributed by atoms with van der Waals surface area (Å²) in [5, 5.41) is 10.9. The molecule has 0 spiro atoms. The molecule has 2 aromatic heterocycles. The van der Waals surface area contributed by atoms with Crippen LogP contribution in [-0.4, -0.2) is 73.9 Å². The van der Waals surface area contributed by atoms with E-state index < -0.39 is 32.0 Å². The minimum absolute atomic E-state index is 0.0343. The van der Waals surface area contributed by atoms with Crippen LogP contribution < -0.4 is 10.8 Å². The van der Waals surface area contributed by atoms with Crippen LogP contribution in [0.2, 0.25) is 0 Å². The third kappa shape index (κ3) is 14.6. The smallest absolute Gasteiger partial charge is 0.461 e. The number of hydrogen-bond donors (Lipinski definition) is 3. The number of nitrogens with one attached hydrogen (secondary N) is 1. The summed E-state index contributed by atoms with van der Waals surface area (Å²) in [4.78, 5) is 34.7. The van der Waals surface area contributed by atoms with Crippen molar-refractivity contribution in [1.29, 1.82) is 0 Å². The average molecular weight is 588 g/mol. The summed E-state index contributed by atoms with van der Waals surface area (Å²) in [5.41, 5.74) is 5.88. The van der Waals surface area contributed by atoms with Gasteiger partial charge in [0.25, 0.3) is 6.35 Å². The van der Waals surface area contributed by atoms with Gasteiger partial charge in [-0.3, -0.25) is 0 Å². The minimum Gasteiger partial charge on any atom is -0.464 e. The van der Waals surface area contributed by atoms with E-state index in [-0.39, 0.29) is 18.6 Å². The van der Waals surface area contributed by atoms with Gasteiger partial charge in [0.2, 0.25) is 0 Å². The van der Waals surface area contributed by atoms with E-state index in [1.807, 2.05) is 20.8 Å². The molecule has 40 heavy (non-hydrogen) atoms. The number of hydrogen-bond acceptors (Lipinski definition) is 11. The van der Waals surface area contributed by atoms with Gasteiger partial charge in [-0.25, -0.2) is 24.5 Å². The van der Waals surface area contributed by atoms with E-state index in [1.165, 1.54) is 6.33 Å². The van der Waals surface area contributed by atoms with Crippen molar-refractivity contribution >= 4 is 36.9 Å². The van der Waals surface area contributed by atoms with E-state index in [1.54, 1.807) is 38.6 Å². The maximum atomic E-state index is 12.4.